The average molecular weight is 308 g/mol. The summed E-state index contributed by atoms with van der Waals surface area (Å²) >= 11 is 2.08. The maximum absolute atomic E-state index is 3.63. The highest BCUT2D eigenvalue weighted by atomic mass is 32.2. The zero-order chi connectivity index (χ0) is 15.9. The molecule has 2 heteroatoms. The summed E-state index contributed by atoms with van der Waals surface area (Å²) in [7, 11) is 0. The van der Waals surface area contributed by atoms with Gasteiger partial charge in [0, 0.05) is 11.8 Å². The van der Waals surface area contributed by atoms with Gasteiger partial charge < -0.3 is 5.32 Å². The van der Waals surface area contributed by atoms with Crippen LogP contribution in [-0.2, 0) is 5.41 Å². The highest BCUT2D eigenvalue weighted by molar-refractivity contribution is 7.99. The molecule has 1 aromatic rings. The zero-order valence-electron chi connectivity index (χ0n) is 14.7. The van der Waals surface area contributed by atoms with E-state index in [0.717, 1.165) is 18.2 Å². The minimum absolute atomic E-state index is 0.234. The number of nitrogens with one attached hydrogen (secondary N) is 1. The summed E-state index contributed by atoms with van der Waals surface area (Å²) in [5.41, 5.74) is 3.06. The first-order chi connectivity index (χ1) is 9.88. The highest BCUT2D eigenvalue weighted by Gasteiger charge is 2.15. The molecule has 0 aliphatic carbocycles. The fourth-order valence-corrected chi connectivity index (χ4v) is 3.56. The van der Waals surface area contributed by atoms with Gasteiger partial charge >= 0.3 is 0 Å². The first-order valence-corrected chi connectivity index (χ1v) is 9.45. The van der Waals surface area contributed by atoms with Crippen molar-refractivity contribution >= 4 is 11.8 Å². The molecular weight excluding hydrogens is 274 g/mol. The van der Waals surface area contributed by atoms with Crippen LogP contribution in [0.1, 0.15) is 65.1 Å². The lowest BCUT2D eigenvalue weighted by Crippen LogP contribution is -2.23. The summed E-state index contributed by atoms with van der Waals surface area (Å²) in [5.74, 6) is 3.24. The first kappa shape index (κ1) is 18.6. The average Bonchev–Trinajstić information content (AvgIpc) is 2.45. The molecule has 0 aliphatic heterocycles. The molecule has 0 amide bonds. The Bertz CT molecular complexity index is 391. The van der Waals surface area contributed by atoms with Gasteiger partial charge in [0.15, 0.2) is 0 Å². The molecule has 0 spiro atoms. The lowest BCUT2D eigenvalue weighted by molar-refractivity contribution is 0.584. The summed E-state index contributed by atoms with van der Waals surface area (Å²) in [4.78, 5) is 0. The van der Waals surface area contributed by atoms with Gasteiger partial charge in [-0.05, 0) is 34.8 Å². The highest BCUT2D eigenvalue weighted by Crippen LogP contribution is 2.26. The molecule has 1 rings (SSSR count). The number of rotatable bonds is 8. The van der Waals surface area contributed by atoms with Crippen LogP contribution in [0.3, 0.4) is 0 Å². The van der Waals surface area contributed by atoms with Crippen LogP contribution in [0.5, 0.6) is 0 Å². The van der Waals surface area contributed by atoms with Crippen LogP contribution >= 0.6 is 11.8 Å². The quantitative estimate of drug-likeness (QED) is 0.689. The number of benzene rings is 1. The van der Waals surface area contributed by atoms with Crippen molar-refractivity contribution in [3.8, 4) is 0 Å². The van der Waals surface area contributed by atoms with E-state index < -0.39 is 0 Å². The van der Waals surface area contributed by atoms with Gasteiger partial charge in [0.1, 0.15) is 0 Å². The van der Waals surface area contributed by atoms with E-state index >= 15 is 0 Å². The number of thioether (sulfide) groups is 1. The summed E-state index contributed by atoms with van der Waals surface area (Å²) < 4.78 is 0. The van der Waals surface area contributed by atoms with Gasteiger partial charge in [-0.15, -0.1) is 0 Å². The van der Waals surface area contributed by atoms with Crippen molar-refractivity contribution in [2.24, 2.45) is 5.92 Å². The molecule has 0 aliphatic rings. The normalized spacial score (nSPS) is 15.0. The van der Waals surface area contributed by atoms with E-state index in [2.05, 4.69) is 82.9 Å². The molecule has 0 bridgehead atoms. The van der Waals surface area contributed by atoms with Gasteiger partial charge in [0.25, 0.3) is 0 Å². The zero-order valence-corrected chi connectivity index (χ0v) is 15.5. The van der Waals surface area contributed by atoms with Crippen molar-refractivity contribution in [2.45, 2.75) is 59.4 Å². The predicted molar refractivity (Wildman–Crippen MR) is 98.3 cm³/mol. The molecule has 2 unspecified atom stereocenters. The van der Waals surface area contributed by atoms with E-state index in [1.807, 2.05) is 0 Å². The Balaban J connectivity index is 2.67. The van der Waals surface area contributed by atoms with Crippen molar-refractivity contribution in [2.75, 3.05) is 18.1 Å². The Hall–Kier alpha value is -0.470. The molecule has 0 heterocycles. The third-order valence-electron chi connectivity index (χ3n) is 4.01. The molecule has 0 radical (unpaired) electrons. The molecule has 0 aromatic heterocycles. The van der Waals surface area contributed by atoms with Gasteiger partial charge in [-0.25, -0.2) is 0 Å². The van der Waals surface area contributed by atoms with Crippen molar-refractivity contribution < 1.29 is 0 Å². The van der Waals surface area contributed by atoms with E-state index in [9.17, 15) is 0 Å². The lowest BCUT2D eigenvalue weighted by atomic mass is 9.86. The fraction of sp³-hybridized carbons (Fsp3) is 0.684. The molecule has 120 valence electrons. The minimum atomic E-state index is 0.234. The SMILES string of the molecule is CCNC(CSCC(C)CC)c1ccc(C(C)(C)C)cc1. The summed E-state index contributed by atoms with van der Waals surface area (Å²) in [5, 5.41) is 3.63. The summed E-state index contributed by atoms with van der Waals surface area (Å²) in [6.45, 7) is 14.6. The maximum atomic E-state index is 3.63. The molecule has 2 atom stereocenters. The first-order valence-electron chi connectivity index (χ1n) is 8.30. The van der Waals surface area contributed by atoms with E-state index in [-0.39, 0.29) is 5.41 Å². The van der Waals surface area contributed by atoms with Crippen molar-refractivity contribution in [3.05, 3.63) is 35.4 Å². The minimum Gasteiger partial charge on any atom is -0.310 e. The van der Waals surface area contributed by atoms with Crippen LogP contribution in [0.4, 0.5) is 0 Å². The molecule has 1 aromatic carbocycles. The van der Waals surface area contributed by atoms with E-state index in [0.29, 0.717) is 6.04 Å². The second-order valence-corrected chi connectivity index (χ2v) is 8.11. The topological polar surface area (TPSA) is 12.0 Å². The third-order valence-corrected chi connectivity index (χ3v) is 5.39. The smallest absolute Gasteiger partial charge is 0.0411 e. The Kier molecular flexibility index (Phi) is 7.83. The molecular formula is C19H33NS. The van der Waals surface area contributed by atoms with Crippen molar-refractivity contribution in [1.29, 1.82) is 0 Å². The van der Waals surface area contributed by atoms with Gasteiger partial charge in [0.05, 0.1) is 0 Å². The van der Waals surface area contributed by atoms with Crippen LogP contribution in [0.15, 0.2) is 24.3 Å². The molecule has 0 saturated heterocycles. The second kappa shape index (κ2) is 8.85. The van der Waals surface area contributed by atoms with E-state index in [1.54, 1.807) is 0 Å². The van der Waals surface area contributed by atoms with Gasteiger partial charge in [-0.1, -0.05) is 72.2 Å². The predicted octanol–water partition coefficient (Wildman–Crippen LogP) is 5.41. The largest absolute Gasteiger partial charge is 0.310 e. The number of hydrogen-bond acceptors (Lipinski definition) is 2. The van der Waals surface area contributed by atoms with Gasteiger partial charge in [-0.2, -0.15) is 11.8 Å². The Morgan fingerprint density at radius 1 is 1.05 bits per heavy atom. The monoisotopic (exact) mass is 307 g/mol. The molecule has 1 N–H and O–H groups in total. The summed E-state index contributed by atoms with van der Waals surface area (Å²) in [6.07, 6.45) is 1.28. The van der Waals surface area contributed by atoms with Gasteiger partial charge in [0.2, 0.25) is 0 Å². The van der Waals surface area contributed by atoms with Crippen LogP contribution in [-0.4, -0.2) is 18.1 Å². The van der Waals surface area contributed by atoms with E-state index in [1.165, 1.54) is 23.3 Å². The van der Waals surface area contributed by atoms with Crippen LogP contribution in [0, 0.1) is 5.92 Å². The number of hydrogen-bond donors (Lipinski definition) is 1. The van der Waals surface area contributed by atoms with E-state index in [4.69, 9.17) is 0 Å². The van der Waals surface area contributed by atoms with Crippen LogP contribution < -0.4 is 5.32 Å². The maximum Gasteiger partial charge on any atom is 0.0411 e. The van der Waals surface area contributed by atoms with Crippen LogP contribution in [0.25, 0.3) is 0 Å². The fourth-order valence-electron chi connectivity index (χ4n) is 2.24. The second-order valence-electron chi connectivity index (χ2n) is 7.03. The standard InChI is InChI=1S/C19H33NS/c1-7-15(3)13-21-14-18(20-8-2)16-9-11-17(12-10-16)19(4,5)6/h9-12,15,18,20H,7-8,13-14H2,1-6H3. The lowest BCUT2D eigenvalue weighted by Gasteiger charge is -2.22. The summed E-state index contributed by atoms with van der Waals surface area (Å²) in [6, 6.07) is 9.66. The molecule has 1 nitrogen and oxygen atoms in total. The Labute approximate surface area is 136 Å². The third kappa shape index (κ3) is 6.44. The molecule has 21 heavy (non-hydrogen) atoms. The Morgan fingerprint density at radius 3 is 2.14 bits per heavy atom. The van der Waals surface area contributed by atoms with Crippen molar-refractivity contribution in [1.82, 2.24) is 5.32 Å². The molecule has 0 saturated carbocycles. The van der Waals surface area contributed by atoms with Gasteiger partial charge in [-0.3, -0.25) is 0 Å². The Morgan fingerprint density at radius 2 is 1.67 bits per heavy atom. The molecule has 0 fully saturated rings. The van der Waals surface area contributed by atoms with Crippen LogP contribution in [0.2, 0.25) is 0 Å². The van der Waals surface area contributed by atoms with Crippen molar-refractivity contribution in [3.63, 3.8) is 0 Å².